The lowest BCUT2D eigenvalue weighted by Gasteiger charge is -2.17. The van der Waals surface area contributed by atoms with Gasteiger partial charge in [-0.05, 0) is 18.6 Å². The van der Waals surface area contributed by atoms with Gasteiger partial charge in [0.2, 0.25) is 0 Å². The van der Waals surface area contributed by atoms with Gasteiger partial charge >= 0.3 is 0 Å². The van der Waals surface area contributed by atoms with E-state index in [0.29, 0.717) is 41.9 Å². The van der Waals surface area contributed by atoms with Crippen LogP contribution in [-0.4, -0.2) is 45.0 Å². The van der Waals surface area contributed by atoms with Crippen molar-refractivity contribution < 1.29 is 9.18 Å². The highest BCUT2D eigenvalue weighted by atomic mass is 19.1. The Morgan fingerprint density at radius 3 is 2.85 bits per heavy atom. The maximum Gasteiger partial charge on any atom is 0.171 e. The zero-order valence-corrected chi connectivity index (χ0v) is 15.7. The molecule has 140 valence electrons. The molecule has 4 rings (SSSR count). The zero-order chi connectivity index (χ0) is 19.2. The minimum Gasteiger partial charge on any atom is -0.354 e. The molecule has 27 heavy (non-hydrogen) atoms. The van der Waals surface area contributed by atoms with Crippen LogP contribution in [0.3, 0.4) is 0 Å². The van der Waals surface area contributed by atoms with Crippen LogP contribution < -0.4 is 4.90 Å². The molecule has 0 aromatic carbocycles. The predicted octanol–water partition coefficient (Wildman–Crippen LogP) is 3.80. The third-order valence-electron chi connectivity index (χ3n) is 4.80. The number of H-pyrrole nitrogens is 1. The number of carbonyl (C=O) groups is 1. The molecule has 7 heteroatoms. The van der Waals surface area contributed by atoms with Crippen LogP contribution in [0.15, 0.2) is 30.7 Å². The SMILES string of the molecule is CC(C)(C)C(=O)c1c[nH]c2ncc(-c3ccnc(N4CCC(F)C4)c3)nc12. The largest absolute Gasteiger partial charge is 0.354 e. The average Bonchev–Trinajstić information content (AvgIpc) is 3.26. The van der Waals surface area contributed by atoms with E-state index in [2.05, 4.69) is 19.9 Å². The molecule has 1 aliphatic heterocycles. The molecule has 1 saturated heterocycles. The Kier molecular flexibility index (Phi) is 4.17. The van der Waals surface area contributed by atoms with Crippen LogP contribution in [-0.2, 0) is 0 Å². The number of ketones is 1. The fourth-order valence-corrected chi connectivity index (χ4v) is 3.28. The molecule has 0 spiro atoms. The van der Waals surface area contributed by atoms with Gasteiger partial charge in [-0.1, -0.05) is 20.8 Å². The van der Waals surface area contributed by atoms with E-state index in [1.54, 1.807) is 18.6 Å². The standard InChI is InChI=1S/C20H22FN5O/c1-20(2,3)18(27)14-9-23-19-17(14)25-15(10-24-19)12-4-6-22-16(8-12)26-7-5-13(21)11-26/h4,6,8-10,13H,5,7,11H2,1-3H3,(H,23,24). The number of alkyl halides is 1. The molecule has 0 radical (unpaired) electrons. The van der Waals surface area contributed by atoms with Crippen molar-refractivity contribution in [2.75, 3.05) is 18.0 Å². The van der Waals surface area contributed by atoms with Gasteiger partial charge in [-0.25, -0.2) is 19.3 Å². The van der Waals surface area contributed by atoms with Crippen molar-refractivity contribution >= 4 is 22.8 Å². The molecular weight excluding hydrogens is 345 g/mol. The molecule has 6 nitrogen and oxygen atoms in total. The lowest BCUT2D eigenvalue weighted by molar-refractivity contribution is 0.0860. The molecule has 4 heterocycles. The third-order valence-corrected chi connectivity index (χ3v) is 4.80. The van der Waals surface area contributed by atoms with E-state index in [4.69, 9.17) is 0 Å². The highest BCUT2D eigenvalue weighted by Gasteiger charge is 2.27. The fraction of sp³-hybridized carbons (Fsp3) is 0.400. The summed E-state index contributed by atoms with van der Waals surface area (Å²) in [7, 11) is 0. The Morgan fingerprint density at radius 2 is 2.15 bits per heavy atom. The van der Waals surface area contributed by atoms with Gasteiger partial charge in [-0.3, -0.25) is 4.79 Å². The molecule has 3 aromatic rings. The van der Waals surface area contributed by atoms with Crippen molar-refractivity contribution in [1.29, 1.82) is 0 Å². The first-order valence-electron chi connectivity index (χ1n) is 9.07. The lowest BCUT2D eigenvalue weighted by Crippen LogP contribution is -2.21. The molecule has 1 N–H and O–H groups in total. The van der Waals surface area contributed by atoms with Crippen molar-refractivity contribution in [3.8, 4) is 11.3 Å². The number of pyridine rings is 1. The Hall–Kier alpha value is -2.83. The topological polar surface area (TPSA) is 74.8 Å². The quantitative estimate of drug-likeness (QED) is 0.713. The molecular formula is C20H22FN5O. The summed E-state index contributed by atoms with van der Waals surface area (Å²) in [6.45, 7) is 6.67. The number of aromatic nitrogens is 4. The van der Waals surface area contributed by atoms with Gasteiger partial charge in [-0.15, -0.1) is 0 Å². The van der Waals surface area contributed by atoms with Gasteiger partial charge < -0.3 is 9.88 Å². The van der Waals surface area contributed by atoms with Crippen LogP contribution in [0.5, 0.6) is 0 Å². The molecule has 1 atom stereocenters. The summed E-state index contributed by atoms with van der Waals surface area (Å²) < 4.78 is 13.5. The number of hydrogen-bond donors (Lipinski definition) is 1. The molecule has 1 unspecified atom stereocenters. The van der Waals surface area contributed by atoms with Crippen molar-refractivity contribution in [1.82, 2.24) is 19.9 Å². The van der Waals surface area contributed by atoms with E-state index in [9.17, 15) is 9.18 Å². The van der Waals surface area contributed by atoms with E-state index in [1.807, 2.05) is 37.8 Å². The minimum atomic E-state index is -0.808. The number of aromatic amines is 1. The second kappa shape index (κ2) is 6.40. The van der Waals surface area contributed by atoms with Crippen molar-refractivity contribution in [3.63, 3.8) is 0 Å². The second-order valence-electron chi connectivity index (χ2n) is 7.97. The van der Waals surface area contributed by atoms with Gasteiger partial charge in [-0.2, -0.15) is 0 Å². The zero-order valence-electron chi connectivity index (χ0n) is 15.7. The van der Waals surface area contributed by atoms with Crippen molar-refractivity contribution in [3.05, 3.63) is 36.3 Å². The van der Waals surface area contributed by atoms with E-state index in [-0.39, 0.29) is 5.78 Å². The molecule has 1 fully saturated rings. The lowest BCUT2D eigenvalue weighted by atomic mass is 9.87. The molecule has 0 bridgehead atoms. The number of nitrogens with zero attached hydrogens (tertiary/aromatic N) is 4. The van der Waals surface area contributed by atoms with Gasteiger partial charge in [0.15, 0.2) is 11.4 Å². The highest BCUT2D eigenvalue weighted by Crippen LogP contribution is 2.28. The second-order valence-corrected chi connectivity index (χ2v) is 7.97. The summed E-state index contributed by atoms with van der Waals surface area (Å²) in [5.41, 5.74) is 2.68. The monoisotopic (exact) mass is 367 g/mol. The summed E-state index contributed by atoms with van der Waals surface area (Å²) in [6, 6.07) is 3.74. The van der Waals surface area contributed by atoms with E-state index < -0.39 is 11.6 Å². The highest BCUT2D eigenvalue weighted by molar-refractivity contribution is 6.08. The summed E-state index contributed by atoms with van der Waals surface area (Å²) >= 11 is 0. The smallest absolute Gasteiger partial charge is 0.171 e. The van der Waals surface area contributed by atoms with Gasteiger partial charge in [0.05, 0.1) is 24.0 Å². The summed E-state index contributed by atoms with van der Waals surface area (Å²) in [6.07, 6.45) is 4.76. The van der Waals surface area contributed by atoms with Gasteiger partial charge in [0.25, 0.3) is 0 Å². The Bertz CT molecular complexity index is 1010. The minimum absolute atomic E-state index is 0.0154. The van der Waals surface area contributed by atoms with Crippen LogP contribution in [0.25, 0.3) is 22.4 Å². The Labute approximate surface area is 156 Å². The molecule has 1 aliphatic rings. The van der Waals surface area contributed by atoms with Crippen molar-refractivity contribution in [2.45, 2.75) is 33.4 Å². The van der Waals surface area contributed by atoms with E-state index in [1.165, 1.54) is 0 Å². The van der Waals surface area contributed by atoms with Crippen LogP contribution in [0, 0.1) is 5.41 Å². The number of anilines is 1. The molecule has 0 amide bonds. The molecule has 0 aliphatic carbocycles. The number of carbonyl (C=O) groups excluding carboxylic acids is 1. The first-order chi connectivity index (χ1) is 12.8. The van der Waals surface area contributed by atoms with E-state index in [0.717, 1.165) is 11.4 Å². The maximum absolute atomic E-state index is 13.5. The third kappa shape index (κ3) is 3.29. The normalized spacial score (nSPS) is 17.6. The first-order valence-corrected chi connectivity index (χ1v) is 9.07. The summed E-state index contributed by atoms with van der Waals surface area (Å²) in [5.74, 6) is 0.747. The van der Waals surface area contributed by atoms with Crippen LogP contribution in [0.4, 0.5) is 10.2 Å². The van der Waals surface area contributed by atoms with Crippen molar-refractivity contribution in [2.24, 2.45) is 5.41 Å². The maximum atomic E-state index is 13.5. The molecule has 3 aromatic heterocycles. The Morgan fingerprint density at radius 1 is 1.33 bits per heavy atom. The average molecular weight is 367 g/mol. The number of rotatable bonds is 3. The van der Waals surface area contributed by atoms with Crippen LogP contribution >= 0.6 is 0 Å². The number of halogens is 1. The summed E-state index contributed by atoms with van der Waals surface area (Å²) in [4.78, 5) is 31.1. The van der Waals surface area contributed by atoms with Crippen LogP contribution in [0.2, 0.25) is 0 Å². The number of nitrogens with one attached hydrogen (secondary N) is 1. The first kappa shape index (κ1) is 17.6. The number of fused-ring (bicyclic) bond motifs is 1. The summed E-state index contributed by atoms with van der Waals surface area (Å²) in [5, 5.41) is 0. The van der Waals surface area contributed by atoms with Crippen LogP contribution in [0.1, 0.15) is 37.6 Å². The Balaban J connectivity index is 1.73. The molecule has 0 saturated carbocycles. The fourth-order valence-electron chi connectivity index (χ4n) is 3.28. The van der Waals surface area contributed by atoms with E-state index >= 15 is 0 Å². The predicted molar refractivity (Wildman–Crippen MR) is 103 cm³/mol. The number of hydrogen-bond acceptors (Lipinski definition) is 5. The van der Waals surface area contributed by atoms with Gasteiger partial charge in [0.1, 0.15) is 17.5 Å². The number of Topliss-reactive ketones (excluding diaryl/α,β-unsaturated/α-hetero) is 1. The van der Waals surface area contributed by atoms with Gasteiger partial charge in [0, 0.05) is 29.9 Å².